The number of furan rings is 1. The molecule has 0 atom stereocenters. The van der Waals surface area contributed by atoms with Gasteiger partial charge >= 0.3 is 0 Å². The number of hydrogen-bond donors (Lipinski definition) is 0. The van der Waals surface area contributed by atoms with Gasteiger partial charge in [0.15, 0.2) is 5.76 Å². The van der Waals surface area contributed by atoms with Gasteiger partial charge in [-0.2, -0.15) is 0 Å². The molecule has 1 fully saturated rings. The van der Waals surface area contributed by atoms with Crippen LogP contribution in [0.1, 0.15) is 29.0 Å². The van der Waals surface area contributed by atoms with Crippen LogP contribution in [0.15, 0.2) is 47.1 Å². The molecule has 0 radical (unpaired) electrons. The normalized spacial score (nSPS) is 17.3. The second-order valence-electron chi connectivity index (χ2n) is 7.11. The molecule has 0 aliphatic carbocycles. The fourth-order valence-electron chi connectivity index (χ4n) is 3.81. The number of rotatable bonds is 3. The van der Waals surface area contributed by atoms with Crippen molar-refractivity contribution in [3.05, 3.63) is 54.0 Å². The lowest BCUT2D eigenvalue weighted by Crippen LogP contribution is -2.53. The summed E-state index contributed by atoms with van der Waals surface area (Å²) >= 11 is 0. The monoisotopic (exact) mass is 381 g/mol. The molecule has 28 heavy (non-hydrogen) atoms. The Morgan fingerprint density at radius 1 is 0.929 bits per heavy atom. The van der Waals surface area contributed by atoms with Gasteiger partial charge in [-0.05, 0) is 36.6 Å². The molecule has 146 valence electrons. The van der Waals surface area contributed by atoms with Crippen LogP contribution in [0.4, 0.5) is 5.69 Å². The van der Waals surface area contributed by atoms with Gasteiger partial charge in [-0.3, -0.25) is 14.4 Å². The predicted molar refractivity (Wildman–Crippen MR) is 103 cm³/mol. The minimum Gasteiger partial charge on any atom is -0.459 e. The number of benzene rings is 1. The minimum atomic E-state index is -0.159. The smallest absolute Gasteiger partial charge is 0.289 e. The molecule has 0 spiro atoms. The van der Waals surface area contributed by atoms with Gasteiger partial charge in [0.05, 0.1) is 6.26 Å². The summed E-state index contributed by atoms with van der Waals surface area (Å²) in [5.74, 6) is 0.0559. The fourth-order valence-corrected chi connectivity index (χ4v) is 3.81. The first kappa shape index (κ1) is 18.3. The Kier molecular flexibility index (Phi) is 5.14. The van der Waals surface area contributed by atoms with E-state index < -0.39 is 0 Å². The van der Waals surface area contributed by atoms with Gasteiger partial charge in [-0.1, -0.05) is 18.2 Å². The molecule has 7 nitrogen and oxygen atoms in total. The number of hydrogen-bond acceptors (Lipinski definition) is 4. The number of carbonyl (C=O) groups is 3. The second-order valence-corrected chi connectivity index (χ2v) is 7.11. The molecule has 3 amide bonds. The zero-order valence-corrected chi connectivity index (χ0v) is 15.7. The molecule has 7 heteroatoms. The van der Waals surface area contributed by atoms with Crippen molar-refractivity contribution < 1.29 is 18.8 Å². The average molecular weight is 381 g/mol. The number of aryl methyl sites for hydroxylation is 1. The summed E-state index contributed by atoms with van der Waals surface area (Å²) in [6.45, 7) is 1.86. The van der Waals surface area contributed by atoms with Crippen molar-refractivity contribution in [2.24, 2.45) is 0 Å². The van der Waals surface area contributed by atoms with E-state index in [2.05, 4.69) is 0 Å². The van der Waals surface area contributed by atoms with E-state index >= 15 is 0 Å². The van der Waals surface area contributed by atoms with E-state index in [4.69, 9.17) is 4.42 Å². The van der Waals surface area contributed by atoms with Crippen molar-refractivity contribution in [3.63, 3.8) is 0 Å². The minimum absolute atomic E-state index is 0.00932. The molecule has 1 saturated heterocycles. The largest absolute Gasteiger partial charge is 0.459 e. The molecule has 1 aromatic carbocycles. The van der Waals surface area contributed by atoms with E-state index in [0.717, 1.165) is 24.1 Å². The second kappa shape index (κ2) is 7.88. The van der Waals surface area contributed by atoms with Gasteiger partial charge in [0.2, 0.25) is 11.8 Å². The SMILES string of the molecule is O=C(CN1C(=O)CCCc2ccccc21)N1CCN(C(=O)c2ccco2)CC1. The predicted octanol–water partition coefficient (Wildman–Crippen LogP) is 1.93. The third-order valence-electron chi connectivity index (χ3n) is 5.37. The van der Waals surface area contributed by atoms with Gasteiger partial charge in [-0.25, -0.2) is 0 Å². The molecule has 0 bridgehead atoms. The Hall–Kier alpha value is -3.09. The average Bonchev–Trinajstić information content (AvgIpc) is 3.21. The molecular formula is C21H23N3O4. The zero-order chi connectivity index (χ0) is 19.5. The molecule has 0 N–H and O–H groups in total. The Morgan fingerprint density at radius 3 is 2.43 bits per heavy atom. The van der Waals surface area contributed by atoms with Crippen LogP contribution in [-0.2, 0) is 16.0 Å². The number of anilines is 1. The zero-order valence-electron chi connectivity index (χ0n) is 15.7. The summed E-state index contributed by atoms with van der Waals surface area (Å²) < 4.78 is 5.16. The van der Waals surface area contributed by atoms with Gasteiger partial charge < -0.3 is 19.1 Å². The number of nitrogens with zero attached hydrogens (tertiary/aromatic N) is 3. The molecule has 2 aliphatic rings. The summed E-state index contributed by atoms with van der Waals surface area (Å²) in [5.41, 5.74) is 1.94. The van der Waals surface area contributed by atoms with E-state index in [1.165, 1.54) is 6.26 Å². The lowest BCUT2D eigenvalue weighted by molar-refractivity contribution is -0.132. The van der Waals surface area contributed by atoms with Crippen molar-refractivity contribution in [3.8, 4) is 0 Å². The van der Waals surface area contributed by atoms with Gasteiger partial charge in [-0.15, -0.1) is 0 Å². The third-order valence-corrected chi connectivity index (χ3v) is 5.37. The number of amides is 3. The number of para-hydroxylation sites is 1. The number of fused-ring (bicyclic) bond motifs is 1. The standard InChI is InChI=1S/C21H23N3O4/c25-19-9-3-6-16-5-1-2-7-17(16)24(19)15-20(26)22-10-12-23(13-11-22)21(27)18-8-4-14-28-18/h1-2,4-5,7-8,14H,3,6,9-13,15H2. The molecular weight excluding hydrogens is 358 g/mol. The lowest BCUT2D eigenvalue weighted by Gasteiger charge is -2.35. The summed E-state index contributed by atoms with van der Waals surface area (Å²) in [6.07, 6.45) is 3.57. The van der Waals surface area contributed by atoms with Crippen LogP contribution in [0.5, 0.6) is 0 Å². The first-order valence-corrected chi connectivity index (χ1v) is 9.62. The summed E-state index contributed by atoms with van der Waals surface area (Å²) in [6, 6.07) is 11.1. The molecule has 0 unspecified atom stereocenters. The highest BCUT2D eigenvalue weighted by atomic mass is 16.3. The highest BCUT2D eigenvalue weighted by molar-refractivity contribution is 6.00. The quantitative estimate of drug-likeness (QED) is 0.814. The van der Waals surface area contributed by atoms with E-state index in [1.807, 2.05) is 24.3 Å². The summed E-state index contributed by atoms with van der Waals surface area (Å²) in [4.78, 5) is 42.8. The van der Waals surface area contributed by atoms with Crippen LogP contribution in [0, 0.1) is 0 Å². The Morgan fingerprint density at radius 2 is 1.68 bits per heavy atom. The van der Waals surface area contributed by atoms with E-state index in [0.29, 0.717) is 38.4 Å². The Bertz CT molecular complexity index is 870. The van der Waals surface area contributed by atoms with Crippen molar-refractivity contribution in [2.45, 2.75) is 19.3 Å². The van der Waals surface area contributed by atoms with Crippen LogP contribution < -0.4 is 4.90 Å². The number of carbonyl (C=O) groups excluding carboxylic acids is 3. The Balaban J connectivity index is 1.39. The van der Waals surface area contributed by atoms with Gasteiger partial charge in [0.1, 0.15) is 6.54 Å². The van der Waals surface area contributed by atoms with E-state index in [-0.39, 0.29) is 24.3 Å². The Labute approximate surface area is 163 Å². The van der Waals surface area contributed by atoms with Crippen molar-refractivity contribution in [1.29, 1.82) is 0 Å². The van der Waals surface area contributed by atoms with Crippen LogP contribution in [0.3, 0.4) is 0 Å². The third kappa shape index (κ3) is 3.65. The van der Waals surface area contributed by atoms with Gasteiger partial charge in [0.25, 0.3) is 5.91 Å². The number of piperazine rings is 1. The maximum atomic E-state index is 12.8. The summed E-state index contributed by atoms with van der Waals surface area (Å²) in [5, 5.41) is 0. The molecule has 2 aliphatic heterocycles. The molecule has 3 heterocycles. The van der Waals surface area contributed by atoms with Gasteiger partial charge in [0, 0.05) is 38.3 Å². The highest BCUT2D eigenvalue weighted by Crippen LogP contribution is 2.26. The maximum absolute atomic E-state index is 12.8. The van der Waals surface area contributed by atoms with Crippen LogP contribution in [0.25, 0.3) is 0 Å². The van der Waals surface area contributed by atoms with E-state index in [9.17, 15) is 14.4 Å². The molecule has 1 aromatic heterocycles. The summed E-state index contributed by atoms with van der Waals surface area (Å²) in [7, 11) is 0. The lowest BCUT2D eigenvalue weighted by atomic mass is 10.1. The topological polar surface area (TPSA) is 74.1 Å². The van der Waals surface area contributed by atoms with E-state index in [1.54, 1.807) is 26.8 Å². The molecule has 2 aromatic rings. The highest BCUT2D eigenvalue weighted by Gasteiger charge is 2.29. The first-order chi connectivity index (χ1) is 13.6. The first-order valence-electron chi connectivity index (χ1n) is 9.62. The van der Waals surface area contributed by atoms with Crippen LogP contribution >= 0.6 is 0 Å². The van der Waals surface area contributed by atoms with Crippen molar-refractivity contribution in [1.82, 2.24) is 9.80 Å². The van der Waals surface area contributed by atoms with Crippen molar-refractivity contribution >= 4 is 23.4 Å². The molecule has 4 rings (SSSR count). The molecule has 0 saturated carbocycles. The van der Waals surface area contributed by atoms with Crippen molar-refractivity contribution in [2.75, 3.05) is 37.6 Å². The van der Waals surface area contributed by atoms with Crippen LogP contribution in [0.2, 0.25) is 0 Å². The maximum Gasteiger partial charge on any atom is 0.289 e. The van der Waals surface area contributed by atoms with Crippen LogP contribution in [-0.4, -0.2) is 60.2 Å². The fraction of sp³-hybridized carbons (Fsp3) is 0.381.